The summed E-state index contributed by atoms with van der Waals surface area (Å²) in [4.78, 5) is 36.8. The fourth-order valence-electron chi connectivity index (χ4n) is 3.70. The molecule has 3 aliphatic rings. The summed E-state index contributed by atoms with van der Waals surface area (Å²) >= 11 is 1.09. The van der Waals surface area contributed by atoms with Crippen LogP contribution >= 0.6 is 11.8 Å². The number of carbonyl (C=O) groups excluding carboxylic acids is 2. The Labute approximate surface area is 121 Å². The highest BCUT2D eigenvalue weighted by atomic mass is 32.2. The second-order valence-electron chi connectivity index (χ2n) is 5.74. The first kappa shape index (κ1) is 13.7. The van der Waals surface area contributed by atoms with E-state index in [4.69, 9.17) is 0 Å². The van der Waals surface area contributed by atoms with Crippen LogP contribution in [0.1, 0.15) is 32.1 Å². The number of aliphatic carboxylic acids is 1. The van der Waals surface area contributed by atoms with Crippen LogP contribution in [0.4, 0.5) is 4.79 Å². The summed E-state index contributed by atoms with van der Waals surface area (Å²) < 4.78 is 0. The van der Waals surface area contributed by atoms with E-state index in [1.165, 1.54) is 0 Å². The third-order valence-corrected chi connectivity index (χ3v) is 5.48. The van der Waals surface area contributed by atoms with E-state index < -0.39 is 18.1 Å². The molecular weight excluding hydrogens is 280 g/mol. The summed E-state index contributed by atoms with van der Waals surface area (Å²) in [5, 5.41) is 11.8. The van der Waals surface area contributed by atoms with Crippen molar-refractivity contribution in [2.45, 2.75) is 50.2 Å². The van der Waals surface area contributed by atoms with E-state index in [9.17, 15) is 19.5 Å². The molecule has 1 aliphatic carbocycles. The second kappa shape index (κ2) is 5.27. The Morgan fingerprint density at radius 3 is 2.70 bits per heavy atom. The van der Waals surface area contributed by atoms with Crippen molar-refractivity contribution in [2.75, 3.05) is 5.75 Å². The molecule has 2 heterocycles. The summed E-state index contributed by atoms with van der Waals surface area (Å²) in [5.74, 6) is -0.439. The topological polar surface area (TPSA) is 86.7 Å². The highest BCUT2D eigenvalue weighted by Crippen LogP contribution is 2.40. The maximum absolute atomic E-state index is 12.6. The Morgan fingerprint density at radius 1 is 1.30 bits per heavy atom. The molecule has 0 aromatic rings. The minimum atomic E-state index is -0.926. The first-order chi connectivity index (χ1) is 9.58. The number of carbonyl (C=O) groups is 3. The first-order valence-electron chi connectivity index (χ1n) is 7.06. The summed E-state index contributed by atoms with van der Waals surface area (Å²) in [6.07, 6.45) is 4.60. The molecule has 2 saturated heterocycles. The molecule has 3 fully saturated rings. The van der Waals surface area contributed by atoms with Crippen molar-refractivity contribution >= 4 is 28.9 Å². The minimum Gasteiger partial charge on any atom is -0.480 e. The summed E-state index contributed by atoms with van der Waals surface area (Å²) in [6.45, 7) is 0. The van der Waals surface area contributed by atoms with Crippen molar-refractivity contribution in [3.05, 3.63) is 0 Å². The molecule has 6 nitrogen and oxygen atoms in total. The molecule has 0 spiro atoms. The van der Waals surface area contributed by atoms with Crippen LogP contribution in [0.2, 0.25) is 0 Å². The van der Waals surface area contributed by atoms with Gasteiger partial charge in [0.25, 0.3) is 5.24 Å². The van der Waals surface area contributed by atoms with Crippen LogP contribution in [0.5, 0.6) is 0 Å². The number of hydrogen-bond donors (Lipinski definition) is 2. The monoisotopic (exact) mass is 298 g/mol. The van der Waals surface area contributed by atoms with Gasteiger partial charge in [0.15, 0.2) is 0 Å². The van der Waals surface area contributed by atoms with E-state index in [1.54, 1.807) is 4.90 Å². The first-order valence-corrected chi connectivity index (χ1v) is 8.04. The zero-order valence-corrected chi connectivity index (χ0v) is 11.9. The summed E-state index contributed by atoms with van der Waals surface area (Å²) in [7, 11) is 0. The van der Waals surface area contributed by atoms with E-state index in [0.29, 0.717) is 18.1 Å². The zero-order valence-electron chi connectivity index (χ0n) is 11.1. The highest BCUT2D eigenvalue weighted by molar-refractivity contribution is 8.14. The maximum atomic E-state index is 12.6. The Hall–Kier alpha value is -1.24. The normalized spacial score (nSPS) is 36.6. The molecular formula is C13H18N2O4S. The van der Waals surface area contributed by atoms with Gasteiger partial charge in [-0.2, -0.15) is 0 Å². The average molecular weight is 298 g/mol. The molecule has 20 heavy (non-hydrogen) atoms. The maximum Gasteiger partial charge on any atom is 0.326 e. The van der Waals surface area contributed by atoms with Gasteiger partial charge in [-0.15, -0.1) is 0 Å². The van der Waals surface area contributed by atoms with E-state index in [0.717, 1.165) is 37.4 Å². The molecule has 2 amide bonds. The Morgan fingerprint density at radius 2 is 2.05 bits per heavy atom. The van der Waals surface area contributed by atoms with Crippen LogP contribution in [0.25, 0.3) is 0 Å². The molecule has 2 N–H and O–H groups in total. The smallest absolute Gasteiger partial charge is 0.326 e. The van der Waals surface area contributed by atoms with Crippen molar-refractivity contribution in [2.24, 2.45) is 5.92 Å². The van der Waals surface area contributed by atoms with Crippen LogP contribution in [0, 0.1) is 5.92 Å². The lowest BCUT2D eigenvalue weighted by Gasteiger charge is -2.34. The third kappa shape index (κ3) is 2.28. The fraction of sp³-hybridized carbons (Fsp3) is 0.769. The van der Waals surface area contributed by atoms with Gasteiger partial charge in [-0.3, -0.25) is 9.59 Å². The Kier molecular flexibility index (Phi) is 3.62. The van der Waals surface area contributed by atoms with E-state index in [-0.39, 0.29) is 17.2 Å². The van der Waals surface area contributed by atoms with Gasteiger partial charge in [-0.1, -0.05) is 24.6 Å². The number of nitrogens with one attached hydrogen (secondary N) is 1. The number of thioether (sulfide) groups is 1. The van der Waals surface area contributed by atoms with Crippen LogP contribution < -0.4 is 5.32 Å². The fourth-order valence-corrected chi connectivity index (χ4v) is 4.46. The molecule has 1 saturated carbocycles. The number of carboxylic acids is 1. The van der Waals surface area contributed by atoms with Crippen molar-refractivity contribution in [3.63, 3.8) is 0 Å². The molecule has 3 unspecified atom stereocenters. The lowest BCUT2D eigenvalue weighted by atomic mass is 9.84. The second-order valence-corrected chi connectivity index (χ2v) is 6.74. The van der Waals surface area contributed by atoms with Gasteiger partial charge in [0.05, 0.1) is 0 Å². The van der Waals surface area contributed by atoms with E-state index in [2.05, 4.69) is 5.32 Å². The standard InChI is InChI=1S/C13H18N2O4S/c16-11(8-6-20-13(19)14-8)15-9-4-2-1-3-7(9)5-10(15)12(17)18/h7-10H,1-6H2,(H,14,19)(H,17,18)/t7?,8-,9?,10?/m0/s1. The largest absolute Gasteiger partial charge is 0.480 e. The van der Waals surface area contributed by atoms with Crippen LogP contribution in [-0.4, -0.2) is 51.0 Å². The van der Waals surface area contributed by atoms with Gasteiger partial charge in [-0.05, 0) is 25.2 Å². The van der Waals surface area contributed by atoms with Crippen LogP contribution in [0.3, 0.4) is 0 Å². The van der Waals surface area contributed by atoms with Crippen molar-refractivity contribution < 1.29 is 19.5 Å². The number of amides is 2. The van der Waals surface area contributed by atoms with Crippen LogP contribution in [0.15, 0.2) is 0 Å². The van der Waals surface area contributed by atoms with Crippen molar-refractivity contribution in [1.29, 1.82) is 0 Å². The minimum absolute atomic E-state index is 0.0415. The molecule has 4 atom stereocenters. The number of nitrogens with zero attached hydrogens (tertiary/aromatic N) is 1. The zero-order chi connectivity index (χ0) is 14.3. The number of hydrogen-bond acceptors (Lipinski definition) is 4. The SMILES string of the molecule is O=C1N[C@H](C(=O)N2C(C(=O)O)CC3CCCCC32)CS1. The molecule has 7 heteroatoms. The lowest BCUT2D eigenvalue weighted by molar-refractivity contribution is -0.150. The van der Waals surface area contributed by atoms with Gasteiger partial charge in [0.1, 0.15) is 12.1 Å². The predicted octanol–water partition coefficient (Wildman–Crippen LogP) is 1.06. The highest BCUT2D eigenvalue weighted by Gasteiger charge is 2.49. The molecule has 0 radical (unpaired) electrons. The predicted molar refractivity (Wildman–Crippen MR) is 73.4 cm³/mol. The lowest BCUT2D eigenvalue weighted by Crippen LogP contribution is -2.53. The van der Waals surface area contributed by atoms with Gasteiger partial charge in [-0.25, -0.2) is 4.79 Å². The number of fused-ring (bicyclic) bond motifs is 1. The van der Waals surface area contributed by atoms with Gasteiger partial charge in [0.2, 0.25) is 5.91 Å². The molecule has 0 bridgehead atoms. The summed E-state index contributed by atoms with van der Waals surface area (Å²) in [5.41, 5.74) is 0. The Bertz CT molecular complexity index is 456. The number of carboxylic acid groups (broad SMARTS) is 1. The number of rotatable bonds is 2. The molecule has 0 aromatic carbocycles. The van der Waals surface area contributed by atoms with Crippen molar-refractivity contribution in [3.8, 4) is 0 Å². The van der Waals surface area contributed by atoms with Gasteiger partial charge >= 0.3 is 5.97 Å². The molecule has 2 aliphatic heterocycles. The van der Waals surface area contributed by atoms with Gasteiger partial charge in [0, 0.05) is 11.8 Å². The third-order valence-electron chi connectivity index (χ3n) is 4.60. The quantitative estimate of drug-likeness (QED) is 0.796. The van der Waals surface area contributed by atoms with E-state index >= 15 is 0 Å². The van der Waals surface area contributed by atoms with E-state index in [1.807, 2.05) is 0 Å². The molecule has 3 rings (SSSR count). The van der Waals surface area contributed by atoms with Crippen LogP contribution in [-0.2, 0) is 9.59 Å². The van der Waals surface area contributed by atoms with Crippen molar-refractivity contribution in [1.82, 2.24) is 10.2 Å². The number of likely N-dealkylation sites (tertiary alicyclic amines) is 1. The molecule has 110 valence electrons. The summed E-state index contributed by atoms with van der Waals surface area (Å²) in [6, 6.07) is -1.24. The molecule has 0 aromatic heterocycles. The van der Waals surface area contributed by atoms with Gasteiger partial charge < -0.3 is 15.3 Å². The Balaban J connectivity index is 1.81. The average Bonchev–Trinajstić information content (AvgIpc) is 3.01.